The fraction of sp³-hybridized carbons (Fsp3) is 0.615. The van der Waals surface area contributed by atoms with Gasteiger partial charge in [0.05, 0.1) is 0 Å². The third-order valence-electron chi connectivity index (χ3n) is 3.73. The minimum absolute atomic E-state index is 0.106. The second-order valence-corrected chi connectivity index (χ2v) is 5.90. The van der Waals surface area contributed by atoms with Gasteiger partial charge in [0.2, 0.25) is 0 Å². The third kappa shape index (κ3) is 2.78. The molecule has 1 N–H and O–H groups in total. The number of hydrogen-bond acceptors (Lipinski definition) is 3. The molecule has 4 nitrogen and oxygen atoms in total. The Morgan fingerprint density at radius 2 is 2.00 bits per heavy atom. The summed E-state index contributed by atoms with van der Waals surface area (Å²) in [5, 5.41) is 3.05. The molecule has 2 heterocycles. The van der Waals surface area contributed by atoms with Gasteiger partial charge in [-0.3, -0.25) is 4.79 Å². The number of amides is 1. The van der Waals surface area contributed by atoms with Crippen molar-refractivity contribution in [2.75, 3.05) is 13.1 Å². The van der Waals surface area contributed by atoms with E-state index in [1.54, 1.807) is 12.1 Å². The fourth-order valence-corrected chi connectivity index (χ4v) is 2.85. The maximum absolute atomic E-state index is 11.9. The summed E-state index contributed by atoms with van der Waals surface area (Å²) in [6, 6.07) is 4.56. The summed E-state index contributed by atoms with van der Waals surface area (Å²) in [5.74, 6) is 0.275. The topological polar surface area (TPSA) is 45.5 Å². The van der Waals surface area contributed by atoms with Gasteiger partial charge in [-0.15, -0.1) is 0 Å². The Kier molecular flexibility index (Phi) is 3.43. The minimum Gasteiger partial charge on any atom is -0.444 e. The molecule has 1 aromatic rings. The van der Waals surface area contributed by atoms with Gasteiger partial charge in [0.25, 0.3) is 5.91 Å². The Morgan fingerprint density at radius 1 is 1.28 bits per heavy atom. The maximum atomic E-state index is 11.9. The standard InChI is InChI=1S/C13H17BrN2O2/c14-12-4-3-11(18-12)13(17)15-9-5-7-16(8-6-9)10-1-2-10/h3-4,9-10H,1-2,5-8H2,(H,15,17). The van der Waals surface area contributed by atoms with Crippen molar-refractivity contribution >= 4 is 21.8 Å². The molecule has 1 amide bonds. The predicted molar refractivity (Wildman–Crippen MR) is 71.5 cm³/mol. The molecule has 3 rings (SSSR count). The van der Waals surface area contributed by atoms with Gasteiger partial charge in [-0.25, -0.2) is 0 Å². The van der Waals surface area contributed by atoms with Crippen LogP contribution in [0.1, 0.15) is 36.2 Å². The summed E-state index contributed by atoms with van der Waals surface area (Å²) in [7, 11) is 0. The molecule has 2 fully saturated rings. The van der Waals surface area contributed by atoms with Crippen molar-refractivity contribution in [1.82, 2.24) is 10.2 Å². The smallest absolute Gasteiger partial charge is 0.287 e. The number of likely N-dealkylation sites (tertiary alicyclic amines) is 1. The molecule has 2 aliphatic rings. The lowest BCUT2D eigenvalue weighted by molar-refractivity contribution is 0.0880. The molecule has 5 heteroatoms. The van der Waals surface area contributed by atoms with Gasteiger partial charge in [-0.1, -0.05) is 0 Å². The van der Waals surface area contributed by atoms with Crippen LogP contribution in [-0.2, 0) is 0 Å². The Labute approximate surface area is 115 Å². The van der Waals surface area contributed by atoms with Crippen LogP contribution >= 0.6 is 15.9 Å². The number of halogens is 1. The van der Waals surface area contributed by atoms with E-state index in [2.05, 4.69) is 26.1 Å². The number of hydrogen-bond donors (Lipinski definition) is 1. The maximum Gasteiger partial charge on any atom is 0.287 e. The number of carbonyl (C=O) groups excluding carboxylic acids is 1. The summed E-state index contributed by atoms with van der Waals surface area (Å²) in [4.78, 5) is 14.5. The van der Waals surface area contributed by atoms with Crippen LogP contribution in [0.2, 0.25) is 0 Å². The predicted octanol–water partition coefficient (Wildman–Crippen LogP) is 2.40. The van der Waals surface area contributed by atoms with Crippen LogP contribution in [0.4, 0.5) is 0 Å². The van der Waals surface area contributed by atoms with Crippen molar-refractivity contribution in [3.05, 3.63) is 22.6 Å². The molecule has 1 saturated heterocycles. The van der Waals surface area contributed by atoms with Gasteiger partial charge < -0.3 is 14.6 Å². The number of piperidine rings is 1. The first kappa shape index (κ1) is 12.2. The van der Waals surface area contributed by atoms with E-state index in [1.807, 2.05) is 0 Å². The summed E-state index contributed by atoms with van der Waals surface area (Å²) < 4.78 is 5.84. The molecular formula is C13H17BrN2O2. The highest BCUT2D eigenvalue weighted by molar-refractivity contribution is 9.10. The zero-order chi connectivity index (χ0) is 12.5. The highest BCUT2D eigenvalue weighted by Gasteiger charge is 2.32. The summed E-state index contributed by atoms with van der Waals surface area (Å²) in [5.41, 5.74) is 0. The lowest BCUT2D eigenvalue weighted by Crippen LogP contribution is -2.45. The van der Waals surface area contributed by atoms with Crippen molar-refractivity contribution in [1.29, 1.82) is 0 Å². The quantitative estimate of drug-likeness (QED) is 0.932. The van der Waals surface area contributed by atoms with E-state index in [9.17, 15) is 4.79 Å². The molecule has 1 saturated carbocycles. The van der Waals surface area contributed by atoms with Gasteiger partial charge in [-0.05, 0) is 53.7 Å². The van der Waals surface area contributed by atoms with Gasteiger partial charge >= 0.3 is 0 Å². The SMILES string of the molecule is O=C(NC1CCN(C2CC2)CC1)c1ccc(Br)o1. The van der Waals surface area contributed by atoms with Crippen molar-refractivity contribution < 1.29 is 9.21 Å². The second-order valence-electron chi connectivity index (χ2n) is 5.12. The van der Waals surface area contributed by atoms with Crippen LogP contribution in [0, 0.1) is 0 Å². The van der Waals surface area contributed by atoms with Crippen LogP contribution in [0.15, 0.2) is 21.2 Å². The largest absolute Gasteiger partial charge is 0.444 e. The fourth-order valence-electron chi connectivity index (χ4n) is 2.54. The average molecular weight is 313 g/mol. The molecule has 1 aromatic heterocycles. The third-order valence-corrected chi connectivity index (χ3v) is 4.15. The summed E-state index contributed by atoms with van der Waals surface area (Å²) >= 11 is 3.20. The summed E-state index contributed by atoms with van der Waals surface area (Å²) in [6.45, 7) is 2.22. The Bertz CT molecular complexity index is 434. The summed E-state index contributed by atoms with van der Waals surface area (Å²) in [6.07, 6.45) is 4.81. The Hall–Kier alpha value is -0.810. The van der Waals surface area contributed by atoms with Gasteiger partial charge in [0, 0.05) is 25.2 Å². The van der Waals surface area contributed by atoms with Crippen LogP contribution in [-0.4, -0.2) is 36.0 Å². The molecule has 0 spiro atoms. The molecule has 98 valence electrons. The number of nitrogens with zero attached hydrogens (tertiary/aromatic N) is 1. The molecule has 0 atom stereocenters. The van der Waals surface area contributed by atoms with E-state index < -0.39 is 0 Å². The first-order valence-corrected chi connectivity index (χ1v) is 7.32. The van der Waals surface area contributed by atoms with Gasteiger partial charge in [-0.2, -0.15) is 0 Å². The number of furan rings is 1. The van der Waals surface area contributed by atoms with E-state index in [0.29, 0.717) is 10.4 Å². The van der Waals surface area contributed by atoms with Crippen molar-refractivity contribution in [3.8, 4) is 0 Å². The number of rotatable bonds is 3. The Morgan fingerprint density at radius 3 is 2.56 bits per heavy atom. The number of nitrogens with one attached hydrogen (secondary N) is 1. The molecule has 0 bridgehead atoms. The molecular weight excluding hydrogens is 296 g/mol. The molecule has 18 heavy (non-hydrogen) atoms. The highest BCUT2D eigenvalue weighted by atomic mass is 79.9. The first-order chi connectivity index (χ1) is 8.72. The zero-order valence-electron chi connectivity index (χ0n) is 10.2. The van der Waals surface area contributed by atoms with Crippen molar-refractivity contribution in [2.45, 2.75) is 37.8 Å². The zero-order valence-corrected chi connectivity index (χ0v) is 11.8. The monoisotopic (exact) mass is 312 g/mol. The average Bonchev–Trinajstić information content (AvgIpc) is 3.12. The highest BCUT2D eigenvalue weighted by Crippen LogP contribution is 2.29. The van der Waals surface area contributed by atoms with Gasteiger partial charge in [0.15, 0.2) is 10.4 Å². The normalized spacial score (nSPS) is 22.1. The lowest BCUT2D eigenvalue weighted by atomic mass is 10.0. The van der Waals surface area contributed by atoms with E-state index in [1.165, 1.54) is 12.8 Å². The van der Waals surface area contributed by atoms with Crippen LogP contribution in [0.5, 0.6) is 0 Å². The Balaban J connectivity index is 1.50. The lowest BCUT2D eigenvalue weighted by Gasteiger charge is -2.32. The molecule has 1 aliphatic heterocycles. The van der Waals surface area contributed by atoms with E-state index >= 15 is 0 Å². The van der Waals surface area contributed by atoms with Gasteiger partial charge in [0.1, 0.15) is 0 Å². The van der Waals surface area contributed by atoms with Crippen molar-refractivity contribution in [2.24, 2.45) is 0 Å². The van der Waals surface area contributed by atoms with E-state index in [4.69, 9.17) is 4.42 Å². The van der Waals surface area contributed by atoms with Crippen LogP contribution < -0.4 is 5.32 Å². The minimum atomic E-state index is -0.106. The second kappa shape index (κ2) is 5.05. The van der Waals surface area contributed by atoms with Crippen molar-refractivity contribution in [3.63, 3.8) is 0 Å². The number of carbonyl (C=O) groups is 1. The molecule has 0 radical (unpaired) electrons. The van der Waals surface area contributed by atoms with Crippen LogP contribution in [0.3, 0.4) is 0 Å². The van der Waals surface area contributed by atoms with Crippen LogP contribution in [0.25, 0.3) is 0 Å². The van der Waals surface area contributed by atoms with E-state index in [-0.39, 0.29) is 11.9 Å². The molecule has 0 aromatic carbocycles. The first-order valence-electron chi connectivity index (χ1n) is 6.52. The molecule has 0 unspecified atom stereocenters. The van der Waals surface area contributed by atoms with E-state index in [0.717, 1.165) is 32.0 Å². The molecule has 1 aliphatic carbocycles.